The van der Waals surface area contributed by atoms with Crippen molar-refractivity contribution in [3.8, 4) is 5.75 Å². The summed E-state index contributed by atoms with van der Waals surface area (Å²) in [5.41, 5.74) is 0.769. The van der Waals surface area contributed by atoms with Crippen LogP contribution in [0.15, 0.2) is 40.9 Å². The molecule has 0 aliphatic heterocycles. The topological polar surface area (TPSA) is 60.5 Å². The maximum absolute atomic E-state index is 12.6. The minimum Gasteiger partial charge on any atom is -0.484 e. The highest BCUT2D eigenvalue weighted by Gasteiger charge is 2.19. The van der Waals surface area contributed by atoms with Gasteiger partial charge in [0, 0.05) is 13.6 Å². The standard InChI is InChI=1S/C19H18Cl3N3O3/c1-3-25-15(14(21)9-23-25)10-24(2)19(26)17-8-7-12(28-17)11-27-16-6-4-5-13(20)18(16)22/h4-9H,3,10-11H2,1-2H3. The van der Waals surface area contributed by atoms with Gasteiger partial charge < -0.3 is 14.1 Å². The number of hydrogen-bond acceptors (Lipinski definition) is 4. The van der Waals surface area contributed by atoms with E-state index in [2.05, 4.69) is 5.10 Å². The highest BCUT2D eigenvalue weighted by atomic mass is 35.5. The Morgan fingerprint density at radius 1 is 1.21 bits per heavy atom. The first-order chi connectivity index (χ1) is 13.4. The lowest BCUT2D eigenvalue weighted by molar-refractivity contribution is 0.0745. The number of aryl methyl sites for hydroxylation is 1. The van der Waals surface area contributed by atoms with Crippen molar-refractivity contribution in [2.45, 2.75) is 26.6 Å². The molecule has 9 heteroatoms. The summed E-state index contributed by atoms with van der Waals surface area (Å²) in [6.45, 7) is 3.06. The summed E-state index contributed by atoms with van der Waals surface area (Å²) in [4.78, 5) is 14.2. The van der Waals surface area contributed by atoms with Gasteiger partial charge in [0.05, 0.1) is 28.5 Å². The van der Waals surface area contributed by atoms with Crippen LogP contribution < -0.4 is 4.74 Å². The Morgan fingerprint density at radius 3 is 2.75 bits per heavy atom. The van der Waals surface area contributed by atoms with Gasteiger partial charge >= 0.3 is 0 Å². The van der Waals surface area contributed by atoms with E-state index in [1.807, 2.05) is 6.92 Å². The largest absolute Gasteiger partial charge is 0.484 e. The predicted molar refractivity (Wildman–Crippen MR) is 108 cm³/mol. The van der Waals surface area contributed by atoms with E-state index in [1.54, 1.807) is 48.3 Å². The van der Waals surface area contributed by atoms with Gasteiger partial charge in [0.25, 0.3) is 5.91 Å². The van der Waals surface area contributed by atoms with E-state index >= 15 is 0 Å². The molecule has 1 amide bonds. The molecule has 0 unspecified atom stereocenters. The smallest absolute Gasteiger partial charge is 0.289 e. The number of carbonyl (C=O) groups excluding carboxylic acids is 1. The number of carbonyl (C=O) groups is 1. The van der Waals surface area contributed by atoms with Crippen LogP contribution in [-0.4, -0.2) is 27.6 Å². The molecule has 0 bridgehead atoms. The minimum absolute atomic E-state index is 0.117. The van der Waals surface area contributed by atoms with E-state index in [1.165, 1.54) is 4.90 Å². The Kier molecular flexibility index (Phi) is 6.54. The summed E-state index contributed by atoms with van der Waals surface area (Å²) in [5, 5.41) is 5.43. The van der Waals surface area contributed by atoms with E-state index in [0.29, 0.717) is 39.7 Å². The Bertz CT molecular complexity index is 984. The molecular weight excluding hydrogens is 425 g/mol. The van der Waals surface area contributed by atoms with Gasteiger partial charge in [-0.15, -0.1) is 0 Å². The fraction of sp³-hybridized carbons (Fsp3) is 0.263. The number of benzene rings is 1. The van der Waals surface area contributed by atoms with Gasteiger partial charge in [-0.2, -0.15) is 5.10 Å². The van der Waals surface area contributed by atoms with Gasteiger partial charge in [0.1, 0.15) is 23.1 Å². The normalized spacial score (nSPS) is 10.9. The average molecular weight is 443 g/mol. The van der Waals surface area contributed by atoms with Crippen molar-refractivity contribution in [1.29, 1.82) is 0 Å². The van der Waals surface area contributed by atoms with Gasteiger partial charge in [0.15, 0.2) is 5.76 Å². The summed E-state index contributed by atoms with van der Waals surface area (Å²) in [6.07, 6.45) is 1.57. The van der Waals surface area contributed by atoms with Crippen molar-refractivity contribution in [2.75, 3.05) is 7.05 Å². The van der Waals surface area contributed by atoms with Crippen LogP contribution in [0.3, 0.4) is 0 Å². The maximum Gasteiger partial charge on any atom is 0.289 e. The summed E-state index contributed by atoms with van der Waals surface area (Å²) >= 11 is 18.2. The van der Waals surface area contributed by atoms with Gasteiger partial charge in [0.2, 0.25) is 0 Å². The SMILES string of the molecule is CCn1ncc(Cl)c1CN(C)C(=O)c1ccc(COc2cccc(Cl)c2Cl)o1. The minimum atomic E-state index is -0.271. The van der Waals surface area contributed by atoms with E-state index in [-0.39, 0.29) is 18.3 Å². The second kappa shape index (κ2) is 8.90. The molecule has 28 heavy (non-hydrogen) atoms. The molecular formula is C19H18Cl3N3O3. The van der Waals surface area contributed by atoms with Gasteiger partial charge in [-0.05, 0) is 31.2 Å². The number of amides is 1. The molecule has 0 saturated heterocycles. The van der Waals surface area contributed by atoms with Crippen molar-refractivity contribution >= 4 is 40.7 Å². The summed E-state index contributed by atoms with van der Waals surface area (Å²) in [5.74, 6) is 0.867. The number of hydrogen-bond donors (Lipinski definition) is 0. The van der Waals surface area contributed by atoms with E-state index < -0.39 is 0 Å². The molecule has 0 aliphatic carbocycles. The molecule has 2 aromatic heterocycles. The highest BCUT2D eigenvalue weighted by molar-refractivity contribution is 6.42. The monoisotopic (exact) mass is 441 g/mol. The summed E-state index contributed by atoms with van der Waals surface area (Å²) < 4.78 is 13.0. The van der Waals surface area contributed by atoms with Crippen LogP contribution in [0.1, 0.15) is 28.9 Å². The van der Waals surface area contributed by atoms with Crippen LogP contribution in [0, 0.1) is 0 Å². The first-order valence-electron chi connectivity index (χ1n) is 8.51. The molecule has 3 rings (SSSR count). The first kappa shape index (κ1) is 20.6. The highest BCUT2D eigenvalue weighted by Crippen LogP contribution is 2.32. The van der Waals surface area contributed by atoms with Crippen LogP contribution in [0.4, 0.5) is 0 Å². The number of nitrogens with zero attached hydrogens (tertiary/aromatic N) is 3. The van der Waals surface area contributed by atoms with Crippen molar-refractivity contribution in [1.82, 2.24) is 14.7 Å². The molecule has 6 nitrogen and oxygen atoms in total. The molecule has 148 valence electrons. The van der Waals surface area contributed by atoms with E-state index in [9.17, 15) is 4.79 Å². The third kappa shape index (κ3) is 4.46. The maximum atomic E-state index is 12.6. The Morgan fingerprint density at radius 2 is 2.00 bits per heavy atom. The van der Waals surface area contributed by atoms with E-state index in [0.717, 1.165) is 5.69 Å². The fourth-order valence-electron chi connectivity index (χ4n) is 2.62. The lowest BCUT2D eigenvalue weighted by Crippen LogP contribution is -2.27. The Balaban J connectivity index is 1.65. The molecule has 0 fully saturated rings. The lowest BCUT2D eigenvalue weighted by atomic mass is 10.3. The van der Waals surface area contributed by atoms with E-state index in [4.69, 9.17) is 44.0 Å². The third-order valence-corrected chi connectivity index (χ3v) is 5.21. The Labute approximate surface area is 177 Å². The molecule has 1 aromatic carbocycles. The summed E-state index contributed by atoms with van der Waals surface area (Å²) in [6, 6.07) is 8.41. The molecule has 3 aromatic rings. The molecule has 0 N–H and O–H groups in total. The molecule has 2 heterocycles. The molecule has 0 atom stereocenters. The zero-order valence-electron chi connectivity index (χ0n) is 15.3. The third-order valence-electron chi connectivity index (χ3n) is 4.09. The van der Waals surface area contributed by atoms with Crippen LogP contribution in [0.5, 0.6) is 5.75 Å². The summed E-state index contributed by atoms with van der Waals surface area (Å²) in [7, 11) is 1.68. The van der Waals surface area contributed by atoms with Crippen molar-refractivity contribution in [3.63, 3.8) is 0 Å². The van der Waals surface area contributed by atoms with Crippen molar-refractivity contribution in [2.24, 2.45) is 0 Å². The number of halogens is 3. The van der Waals surface area contributed by atoms with Crippen LogP contribution in [-0.2, 0) is 19.7 Å². The molecule has 0 radical (unpaired) electrons. The zero-order valence-corrected chi connectivity index (χ0v) is 17.6. The van der Waals surface area contributed by atoms with Gasteiger partial charge in [-0.1, -0.05) is 40.9 Å². The Hall–Kier alpha value is -2.15. The van der Waals surface area contributed by atoms with Crippen molar-refractivity contribution < 1.29 is 13.9 Å². The van der Waals surface area contributed by atoms with Gasteiger partial charge in [-0.25, -0.2) is 0 Å². The molecule has 0 aliphatic rings. The first-order valence-corrected chi connectivity index (χ1v) is 9.65. The number of rotatable bonds is 7. The quantitative estimate of drug-likeness (QED) is 0.498. The molecule has 0 saturated carbocycles. The molecule has 0 spiro atoms. The van der Waals surface area contributed by atoms with Crippen LogP contribution in [0.25, 0.3) is 0 Å². The van der Waals surface area contributed by atoms with Crippen LogP contribution in [0.2, 0.25) is 15.1 Å². The number of aromatic nitrogens is 2. The van der Waals surface area contributed by atoms with Crippen LogP contribution >= 0.6 is 34.8 Å². The van der Waals surface area contributed by atoms with Gasteiger partial charge in [-0.3, -0.25) is 9.48 Å². The predicted octanol–water partition coefficient (Wildman–Crippen LogP) is 5.31. The van der Waals surface area contributed by atoms with Crippen molar-refractivity contribution in [3.05, 3.63) is 68.8 Å². The fourth-order valence-corrected chi connectivity index (χ4v) is 3.16. The number of ether oxygens (including phenoxy) is 1. The second-order valence-corrected chi connectivity index (χ2v) is 7.22. The zero-order chi connectivity index (χ0) is 20.3. The number of furan rings is 1. The average Bonchev–Trinajstić information content (AvgIpc) is 3.29. The lowest BCUT2D eigenvalue weighted by Gasteiger charge is -2.16. The second-order valence-electron chi connectivity index (χ2n) is 6.02.